The lowest BCUT2D eigenvalue weighted by Crippen LogP contribution is -2.42. The number of primary amides is 1. The number of likely N-dealkylation sites (tertiary alicyclic amines) is 1. The van der Waals surface area contributed by atoms with Gasteiger partial charge < -0.3 is 15.4 Å². The first kappa shape index (κ1) is 13.4. The summed E-state index contributed by atoms with van der Waals surface area (Å²) in [6.45, 7) is 3.00. The summed E-state index contributed by atoms with van der Waals surface area (Å²) in [5.74, 6) is 0.127. The van der Waals surface area contributed by atoms with E-state index in [1.165, 1.54) is 0 Å². The van der Waals surface area contributed by atoms with Gasteiger partial charge in [-0.1, -0.05) is 17.7 Å². The molecule has 5 nitrogen and oxygen atoms in total. The van der Waals surface area contributed by atoms with Crippen molar-refractivity contribution in [1.82, 2.24) is 4.90 Å². The minimum atomic E-state index is -0.369. The third-order valence-electron chi connectivity index (χ3n) is 3.38. The number of rotatable bonds is 2. The fraction of sp³-hybridized carbons (Fsp3) is 0.429. The van der Waals surface area contributed by atoms with E-state index in [2.05, 4.69) is 0 Å². The summed E-state index contributed by atoms with van der Waals surface area (Å²) in [5.41, 5.74) is 6.37. The second kappa shape index (κ2) is 5.73. The molecular weight excluding hydrogens is 244 g/mol. The Labute approximate surface area is 112 Å². The summed E-state index contributed by atoms with van der Waals surface area (Å²) in [5, 5.41) is 0. The minimum absolute atomic E-state index is 0.122. The van der Waals surface area contributed by atoms with Crippen molar-refractivity contribution in [3.8, 4) is 5.75 Å². The second-order valence-corrected chi connectivity index (χ2v) is 4.84. The van der Waals surface area contributed by atoms with Gasteiger partial charge in [0.1, 0.15) is 5.75 Å². The maximum absolute atomic E-state index is 11.9. The van der Waals surface area contributed by atoms with Crippen molar-refractivity contribution >= 4 is 12.0 Å². The van der Waals surface area contributed by atoms with Crippen LogP contribution < -0.4 is 10.5 Å². The van der Waals surface area contributed by atoms with Gasteiger partial charge in [0.2, 0.25) is 5.91 Å². The van der Waals surface area contributed by atoms with Gasteiger partial charge in [0.25, 0.3) is 0 Å². The number of nitrogens with zero attached hydrogens (tertiary/aromatic N) is 1. The van der Waals surface area contributed by atoms with Crippen LogP contribution in [0, 0.1) is 12.8 Å². The van der Waals surface area contributed by atoms with E-state index in [-0.39, 0.29) is 17.9 Å². The van der Waals surface area contributed by atoms with Crippen LogP contribution in [0.15, 0.2) is 24.3 Å². The van der Waals surface area contributed by atoms with Gasteiger partial charge >= 0.3 is 6.09 Å². The summed E-state index contributed by atoms with van der Waals surface area (Å²) in [7, 11) is 0. The number of ether oxygens (including phenoxy) is 1. The molecule has 1 aliphatic heterocycles. The maximum Gasteiger partial charge on any atom is 0.415 e. The molecule has 1 aromatic carbocycles. The number of nitrogens with two attached hydrogens (primary N) is 1. The number of piperidine rings is 1. The molecule has 0 radical (unpaired) electrons. The molecule has 102 valence electrons. The Kier molecular flexibility index (Phi) is 4.04. The fourth-order valence-corrected chi connectivity index (χ4v) is 2.12. The third kappa shape index (κ3) is 3.47. The van der Waals surface area contributed by atoms with E-state index in [0.717, 1.165) is 5.56 Å². The molecule has 0 aliphatic carbocycles. The number of aryl methyl sites for hydroxylation is 1. The van der Waals surface area contributed by atoms with E-state index < -0.39 is 0 Å². The van der Waals surface area contributed by atoms with Crippen molar-refractivity contribution in [1.29, 1.82) is 0 Å². The number of carbonyl (C=O) groups excluding carboxylic acids is 2. The van der Waals surface area contributed by atoms with Crippen LogP contribution in [-0.4, -0.2) is 30.0 Å². The van der Waals surface area contributed by atoms with Crippen LogP contribution in [0.4, 0.5) is 4.79 Å². The Balaban J connectivity index is 1.88. The SMILES string of the molecule is Cc1ccc(OC(=O)N2CCC(C(N)=O)CC2)cc1. The zero-order valence-corrected chi connectivity index (χ0v) is 11.0. The van der Waals surface area contributed by atoms with Gasteiger partial charge in [-0.25, -0.2) is 4.79 Å². The van der Waals surface area contributed by atoms with Gasteiger partial charge in [-0.2, -0.15) is 0 Å². The lowest BCUT2D eigenvalue weighted by atomic mass is 9.97. The molecule has 2 amide bonds. The number of hydrogen-bond donors (Lipinski definition) is 1. The summed E-state index contributed by atoms with van der Waals surface area (Å²) in [6, 6.07) is 7.32. The lowest BCUT2D eigenvalue weighted by Gasteiger charge is -2.29. The molecule has 0 aromatic heterocycles. The molecule has 1 heterocycles. The number of hydrogen-bond acceptors (Lipinski definition) is 3. The zero-order valence-electron chi connectivity index (χ0n) is 11.0. The molecule has 0 atom stereocenters. The molecule has 1 aliphatic rings. The summed E-state index contributed by atoms with van der Waals surface area (Å²) in [6.07, 6.45) is 0.850. The highest BCUT2D eigenvalue weighted by Gasteiger charge is 2.26. The van der Waals surface area contributed by atoms with Crippen LogP contribution in [0.2, 0.25) is 0 Å². The van der Waals surface area contributed by atoms with Crippen LogP contribution in [0.5, 0.6) is 5.75 Å². The van der Waals surface area contributed by atoms with E-state index in [1.807, 2.05) is 19.1 Å². The van der Waals surface area contributed by atoms with Crippen molar-refractivity contribution in [3.63, 3.8) is 0 Å². The molecule has 1 saturated heterocycles. The Bertz CT molecular complexity index is 462. The minimum Gasteiger partial charge on any atom is -0.410 e. The zero-order chi connectivity index (χ0) is 13.8. The van der Waals surface area contributed by atoms with Crippen LogP contribution in [0.3, 0.4) is 0 Å². The summed E-state index contributed by atoms with van der Waals surface area (Å²) < 4.78 is 5.28. The molecule has 0 bridgehead atoms. The van der Waals surface area contributed by atoms with E-state index in [4.69, 9.17) is 10.5 Å². The highest BCUT2D eigenvalue weighted by molar-refractivity contribution is 5.77. The first-order chi connectivity index (χ1) is 9.06. The average Bonchev–Trinajstić information content (AvgIpc) is 2.41. The van der Waals surface area contributed by atoms with E-state index in [0.29, 0.717) is 31.7 Å². The van der Waals surface area contributed by atoms with Gasteiger partial charge in [-0.3, -0.25) is 4.79 Å². The predicted octanol–water partition coefficient (Wildman–Crippen LogP) is 1.69. The Hall–Kier alpha value is -2.04. The lowest BCUT2D eigenvalue weighted by molar-refractivity contribution is -0.123. The summed E-state index contributed by atoms with van der Waals surface area (Å²) >= 11 is 0. The summed E-state index contributed by atoms with van der Waals surface area (Å²) in [4.78, 5) is 24.6. The molecule has 0 unspecified atom stereocenters. The highest BCUT2D eigenvalue weighted by atomic mass is 16.6. The smallest absolute Gasteiger partial charge is 0.410 e. The van der Waals surface area contributed by atoms with E-state index in [1.54, 1.807) is 17.0 Å². The monoisotopic (exact) mass is 262 g/mol. The van der Waals surface area contributed by atoms with Gasteiger partial charge in [0.15, 0.2) is 0 Å². The fourth-order valence-electron chi connectivity index (χ4n) is 2.12. The molecule has 2 rings (SSSR count). The first-order valence-electron chi connectivity index (χ1n) is 6.39. The molecular formula is C14H18N2O3. The standard InChI is InChI=1S/C14H18N2O3/c1-10-2-4-12(5-3-10)19-14(18)16-8-6-11(7-9-16)13(15)17/h2-5,11H,6-9H2,1H3,(H2,15,17). The van der Waals surface area contributed by atoms with Gasteiger partial charge in [0, 0.05) is 19.0 Å². The largest absolute Gasteiger partial charge is 0.415 e. The second-order valence-electron chi connectivity index (χ2n) is 4.84. The number of benzene rings is 1. The maximum atomic E-state index is 11.9. The predicted molar refractivity (Wildman–Crippen MR) is 70.7 cm³/mol. The topological polar surface area (TPSA) is 72.6 Å². The quantitative estimate of drug-likeness (QED) is 0.881. The molecule has 1 aromatic rings. The van der Waals surface area contributed by atoms with Gasteiger partial charge in [0.05, 0.1) is 0 Å². The normalized spacial score (nSPS) is 16.2. The Morgan fingerprint density at radius 1 is 1.21 bits per heavy atom. The Morgan fingerprint density at radius 3 is 2.32 bits per heavy atom. The highest BCUT2D eigenvalue weighted by Crippen LogP contribution is 2.19. The molecule has 0 saturated carbocycles. The van der Waals surface area contributed by atoms with Crippen molar-refractivity contribution in [3.05, 3.63) is 29.8 Å². The molecule has 5 heteroatoms. The van der Waals surface area contributed by atoms with Crippen molar-refractivity contribution in [2.45, 2.75) is 19.8 Å². The van der Waals surface area contributed by atoms with Crippen LogP contribution >= 0.6 is 0 Å². The molecule has 2 N–H and O–H groups in total. The van der Waals surface area contributed by atoms with Crippen LogP contribution in [0.1, 0.15) is 18.4 Å². The van der Waals surface area contributed by atoms with Crippen molar-refractivity contribution in [2.75, 3.05) is 13.1 Å². The third-order valence-corrected chi connectivity index (χ3v) is 3.38. The van der Waals surface area contributed by atoms with Crippen LogP contribution in [0.25, 0.3) is 0 Å². The van der Waals surface area contributed by atoms with Crippen LogP contribution in [-0.2, 0) is 4.79 Å². The Morgan fingerprint density at radius 2 is 1.79 bits per heavy atom. The molecule has 0 spiro atoms. The molecule has 19 heavy (non-hydrogen) atoms. The molecule has 1 fully saturated rings. The average molecular weight is 262 g/mol. The van der Waals surface area contributed by atoms with E-state index in [9.17, 15) is 9.59 Å². The first-order valence-corrected chi connectivity index (χ1v) is 6.39. The van der Waals surface area contributed by atoms with Crippen molar-refractivity contribution < 1.29 is 14.3 Å². The van der Waals surface area contributed by atoms with Gasteiger partial charge in [-0.15, -0.1) is 0 Å². The van der Waals surface area contributed by atoms with Crippen molar-refractivity contribution in [2.24, 2.45) is 11.7 Å². The number of carbonyl (C=O) groups is 2. The number of amides is 2. The van der Waals surface area contributed by atoms with Gasteiger partial charge in [-0.05, 0) is 31.9 Å². The van der Waals surface area contributed by atoms with E-state index >= 15 is 0 Å².